The molecule has 0 saturated carbocycles. The van der Waals surface area contributed by atoms with Crippen molar-refractivity contribution in [2.24, 2.45) is 0 Å². The number of nitrogens with zero attached hydrogens (tertiary/aromatic N) is 5. The minimum Gasteiger partial charge on any atom is -0.382 e. The standard InChI is InChI=1S/C22H27N5O6/c1-5-6-7-8-9-26(15(4)30)20-17-21(24-11-23-20)27(12-25-17)16-10-22(32,14(3)29)19(33-16)18(31)13(2)28/h1,11-12,16,18-19,31-32H,6-10H2,2-4H3/t16-,18?,19-,22-/m1/s1. The predicted molar refractivity (Wildman–Crippen MR) is 117 cm³/mol. The van der Waals surface area contributed by atoms with Gasteiger partial charge in [0.25, 0.3) is 0 Å². The molecule has 3 heterocycles. The highest BCUT2D eigenvalue weighted by Gasteiger charge is 2.55. The number of Topliss-reactive ketones (excluding diaryl/α,β-unsaturated/α-hetero) is 2. The average Bonchev–Trinajstić information content (AvgIpc) is 3.35. The molecule has 0 bridgehead atoms. The summed E-state index contributed by atoms with van der Waals surface area (Å²) in [4.78, 5) is 50.5. The summed E-state index contributed by atoms with van der Waals surface area (Å²) in [6.45, 7) is 4.14. The number of amides is 1. The number of hydrogen-bond donors (Lipinski definition) is 2. The van der Waals surface area contributed by atoms with Crippen molar-refractivity contribution in [1.29, 1.82) is 0 Å². The van der Waals surface area contributed by atoms with Crippen LogP contribution in [0.5, 0.6) is 0 Å². The molecular weight excluding hydrogens is 430 g/mol. The molecule has 3 rings (SSSR count). The van der Waals surface area contributed by atoms with E-state index in [1.807, 2.05) is 0 Å². The van der Waals surface area contributed by atoms with Gasteiger partial charge in [0.1, 0.15) is 24.8 Å². The Morgan fingerprint density at radius 3 is 2.64 bits per heavy atom. The van der Waals surface area contributed by atoms with Crippen molar-refractivity contribution in [3.05, 3.63) is 12.7 Å². The molecular formula is C22H27N5O6. The minimum absolute atomic E-state index is 0.218. The molecule has 33 heavy (non-hydrogen) atoms. The van der Waals surface area contributed by atoms with Gasteiger partial charge in [0.05, 0.1) is 6.33 Å². The number of carbonyl (C=O) groups excluding carboxylic acids is 3. The van der Waals surface area contributed by atoms with Gasteiger partial charge in [0.15, 0.2) is 34.1 Å². The fraction of sp³-hybridized carbons (Fsp3) is 0.545. The number of anilines is 1. The molecule has 0 spiro atoms. The van der Waals surface area contributed by atoms with E-state index in [2.05, 4.69) is 20.9 Å². The summed E-state index contributed by atoms with van der Waals surface area (Å²) < 4.78 is 7.26. The summed E-state index contributed by atoms with van der Waals surface area (Å²) in [7, 11) is 0. The quantitative estimate of drug-likeness (QED) is 0.406. The van der Waals surface area contributed by atoms with Gasteiger partial charge in [-0.2, -0.15) is 0 Å². The molecule has 1 saturated heterocycles. The van der Waals surface area contributed by atoms with E-state index in [9.17, 15) is 24.6 Å². The van der Waals surface area contributed by atoms with E-state index in [0.29, 0.717) is 36.4 Å². The number of fused-ring (bicyclic) bond motifs is 1. The van der Waals surface area contributed by atoms with E-state index >= 15 is 0 Å². The van der Waals surface area contributed by atoms with Gasteiger partial charge in [-0.3, -0.25) is 23.9 Å². The molecule has 1 aliphatic heterocycles. The number of aliphatic hydroxyl groups excluding tert-OH is 1. The molecule has 0 radical (unpaired) electrons. The highest BCUT2D eigenvalue weighted by atomic mass is 16.6. The average molecular weight is 457 g/mol. The van der Waals surface area contributed by atoms with Crippen molar-refractivity contribution < 1.29 is 29.3 Å². The first-order valence-corrected chi connectivity index (χ1v) is 10.6. The van der Waals surface area contributed by atoms with Gasteiger partial charge in [0.2, 0.25) is 5.91 Å². The Morgan fingerprint density at radius 1 is 1.30 bits per heavy atom. The normalized spacial score (nSPS) is 23.3. The third kappa shape index (κ3) is 4.64. The van der Waals surface area contributed by atoms with E-state index in [1.54, 1.807) is 0 Å². The number of ether oxygens (including phenoxy) is 1. The second kappa shape index (κ2) is 9.74. The van der Waals surface area contributed by atoms with Crippen LogP contribution >= 0.6 is 0 Å². The van der Waals surface area contributed by atoms with Crippen molar-refractivity contribution in [3.8, 4) is 12.3 Å². The Morgan fingerprint density at radius 2 is 2.03 bits per heavy atom. The van der Waals surface area contributed by atoms with Crippen molar-refractivity contribution >= 4 is 34.5 Å². The fourth-order valence-electron chi connectivity index (χ4n) is 3.93. The van der Waals surface area contributed by atoms with Gasteiger partial charge in [-0.05, 0) is 26.7 Å². The van der Waals surface area contributed by atoms with E-state index in [4.69, 9.17) is 11.2 Å². The second-order valence-electron chi connectivity index (χ2n) is 8.10. The van der Waals surface area contributed by atoms with Crippen molar-refractivity contribution in [1.82, 2.24) is 19.5 Å². The number of terminal acetylenes is 1. The topological polar surface area (TPSA) is 148 Å². The van der Waals surface area contributed by atoms with Gasteiger partial charge in [-0.25, -0.2) is 15.0 Å². The van der Waals surface area contributed by atoms with Gasteiger partial charge >= 0.3 is 0 Å². The lowest BCUT2D eigenvalue weighted by Crippen LogP contribution is -2.52. The van der Waals surface area contributed by atoms with Crippen LogP contribution in [-0.4, -0.2) is 71.6 Å². The summed E-state index contributed by atoms with van der Waals surface area (Å²) in [5.41, 5.74) is -1.43. The van der Waals surface area contributed by atoms with Gasteiger partial charge in [-0.15, -0.1) is 12.3 Å². The SMILES string of the molecule is C#CCCCCN(C(C)=O)c1ncnc2c1ncn2[C@H]1C[C@@](O)(C(C)=O)[C@@H](C(O)C(C)=O)O1. The third-order valence-corrected chi connectivity index (χ3v) is 5.81. The molecule has 4 atom stereocenters. The van der Waals surface area contributed by atoms with Crippen LogP contribution in [0.15, 0.2) is 12.7 Å². The van der Waals surface area contributed by atoms with Crippen LogP contribution in [0.3, 0.4) is 0 Å². The Bertz CT molecular complexity index is 1110. The number of aliphatic hydroxyl groups is 2. The Kier molecular flexibility index (Phi) is 7.22. The maximum absolute atomic E-state index is 12.3. The van der Waals surface area contributed by atoms with Crippen molar-refractivity contribution in [2.75, 3.05) is 11.4 Å². The highest BCUT2D eigenvalue weighted by Crippen LogP contribution is 2.40. The molecule has 176 valence electrons. The number of unbranched alkanes of at least 4 members (excludes halogenated alkanes) is 2. The number of carbonyl (C=O) groups is 3. The summed E-state index contributed by atoms with van der Waals surface area (Å²) in [5, 5.41) is 21.2. The molecule has 0 aromatic carbocycles. The minimum atomic E-state index is -2.06. The van der Waals surface area contributed by atoms with Crippen LogP contribution in [-0.2, 0) is 19.1 Å². The molecule has 1 unspecified atom stereocenters. The molecule has 11 heteroatoms. The lowest BCUT2D eigenvalue weighted by molar-refractivity contribution is -0.158. The van der Waals surface area contributed by atoms with E-state index in [0.717, 1.165) is 13.3 Å². The Balaban J connectivity index is 1.96. The van der Waals surface area contributed by atoms with Gasteiger partial charge in [0, 0.05) is 26.3 Å². The maximum atomic E-state index is 12.3. The van der Waals surface area contributed by atoms with Crippen LogP contribution in [0.1, 0.15) is 52.7 Å². The second-order valence-corrected chi connectivity index (χ2v) is 8.10. The fourth-order valence-corrected chi connectivity index (χ4v) is 3.93. The zero-order valence-corrected chi connectivity index (χ0v) is 18.8. The first-order chi connectivity index (χ1) is 15.6. The van der Waals surface area contributed by atoms with Gasteiger partial charge in [-0.1, -0.05) is 0 Å². The Hall–Kier alpha value is -3.20. The van der Waals surface area contributed by atoms with Crippen LogP contribution in [0, 0.1) is 12.3 Å². The number of ketones is 2. The smallest absolute Gasteiger partial charge is 0.225 e. The molecule has 2 N–H and O–H groups in total. The summed E-state index contributed by atoms with van der Waals surface area (Å²) >= 11 is 0. The summed E-state index contributed by atoms with van der Waals surface area (Å²) in [6, 6.07) is 0. The molecule has 2 aromatic heterocycles. The Labute approximate surface area is 190 Å². The summed E-state index contributed by atoms with van der Waals surface area (Å²) in [6.07, 6.45) is 5.72. The van der Waals surface area contributed by atoms with Crippen LogP contribution < -0.4 is 4.90 Å². The lowest BCUT2D eigenvalue weighted by Gasteiger charge is -2.27. The van der Waals surface area contributed by atoms with Crippen LogP contribution in [0.25, 0.3) is 11.2 Å². The molecule has 1 aliphatic rings. The number of rotatable bonds is 9. The highest BCUT2D eigenvalue weighted by molar-refractivity contribution is 5.97. The predicted octanol–water partition coefficient (Wildman–Crippen LogP) is 0.540. The zero-order valence-electron chi connectivity index (χ0n) is 18.8. The molecule has 1 amide bonds. The van der Waals surface area contributed by atoms with Crippen LogP contribution in [0.2, 0.25) is 0 Å². The summed E-state index contributed by atoms with van der Waals surface area (Å²) in [5.74, 6) is 1.38. The van der Waals surface area contributed by atoms with Crippen molar-refractivity contribution in [2.45, 2.75) is 70.5 Å². The first kappa shape index (κ1) is 24.4. The molecule has 2 aromatic rings. The molecule has 11 nitrogen and oxygen atoms in total. The number of imidazole rings is 1. The maximum Gasteiger partial charge on any atom is 0.225 e. The van der Waals surface area contributed by atoms with Crippen molar-refractivity contribution in [3.63, 3.8) is 0 Å². The third-order valence-electron chi connectivity index (χ3n) is 5.81. The largest absolute Gasteiger partial charge is 0.382 e. The molecule has 1 fully saturated rings. The lowest BCUT2D eigenvalue weighted by atomic mass is 9.86. The van der Waals surface area contributed by atoms with E-state index < -0.39 is 35.6 Å². The monoisotopic (exact) mass is 457 g/mol. The number of aromatic nitrogens is 4. The first-order valence-electron chi connectivity index (χ1n) is 10.6. The van der Waals surface area contributed by atoms with Crippen LogP contribution in [0.4, 0.5) is 5.82 Å². The van der Waals surface area contributed by atoms with Gasteiger partial charge < -0.3 is 14.9 Å². The van der Waals surface area contributed by atoms with E-state index in [1.165, 1.54) is 36.0 Å². The number of hydrogen-bond acceptors (Lipinski definition) is 9. The zero-order chi connectivity index (χ0) is 24.3. The molecule has 0 aliphatic carbocycles. The van der Waals surface area contributed by atoms with E-state index in [-0.39, 0.29) is 12.3 Å².